The number of carbonyl (C=O) groups is 3. The largest absolute Gasteiger partial charge is 0.331 e. The maximum atomic E-state index is 13.0. The van der Waals surface area contributed by atoms with Gasteiger partial charge in [-0.2, -0.15) is 5.10 Å². The molecule has 8 heteroatoms. The van der Waals surface area contributed by atoms with Gasteiger partial charge in [-0.15, -0.1) is 0 Å². The number of amides is 4. The van der Waals surface area contributed by atoms with Crippen molar-refractivity contribution in [2.75, 3.05) is 6.54 Å². The molecule has 0 unspecified atom stereocenters. The number of aromatic nitrogens is 2. The highest BCUT2D eigenvalue weighted by atomic mass is 16.2. The number of imide groups is 1. The minimum absolute atomic E-state index is 0.0450. The first-order chi connectivity index (χ1) is 14.9. The molecule has 2 aliphatic heterocycles. The molecule has 3 aromatic rings. The zero-order valence-corrected chi connectivity index (χ0v) is 17.2. The Kier molecular flexibility index (Phi) is 4.18. The summed E-state index contributed by atoms with van der Waals surface area (Å²) >= 11 is 0. The van der Waals surface area contributed by atoms with Crippen molar-refractivity contribution in [1.29, 1.82) is 0 Å². The van der Waals surface area contributed by atoms with Gasteiger partial charge in [0.05, 0.1) is 12.7 Å². The highest BCUT2D eigenvalue weighted by molar-refractivity contribution is 6.08. The molecule has 156 valence electrons. The Morgan fingerprint density at radius 2 is 1.84 bits per heavy atom. The van der Waals surface area contributed by atoms with Crippen LogP contribution in [0.5, 0.6) is 0 Å². The number of nitrogens with zero attached hydrogens (tertiary/aromatic N) is 3. The quantitative estimate of drug-likeness (QED) is 0.638. The van der Waals surface area contributed by atoms with Crippen LogP contribution in [0.25, 0.3) is 11.1 Å². The van der Waals surface area contributed by atoms with E-state index in [-0.39, 0.29) is 12.5 Å². The van der Waals surface area contributed by atoms with Gasteiger partial charge in [-0.05, 0) is 29.7 Å². The second kappa shape index (κ2) is 6.80. The molecule has 1 saturated heterocycles. The average molecular weight is 415 g/mol. The molecule has 1 atom stereocenters. The van der Waals surface area contributed by atoms with Gasteiger partial charge in [0, 0.05) is 30.9 Å². The first kappa shape index (κ1) is 19.0. The summed E-state index contributed by atoms with van der Waals surface area (Å²) in [6, 6.07) is 12.6. The third kappa shape index (κ3) is 3.07. The van der Waals surface area contributed by atoms with Crippen LogP contribution in [0.2, 0.25) is 0 Å². The lowest BCUT2D eigenvalue weighted by molar-refractivity contribution is -0.124. The Morgan fingerprint density at radius 1 is 1.06 bits per heavy atom. The van der Waals surface area contributed by atoms with E-state index in [1.807, 2.05) is 62.6 Å². The van der Waals surface area contributed by atoms with Crippen LogP contribution in [0.1, 0.15) is 27.0 Å². The smallest absolute Gasteiger partial charge is 0.322 e. The molecule has 0 spiro atoms. The van der Waals surface area contributed by atoms with Crippen molar-refractivity contribution in [1.82, 2.24) is 25.3 Å². The molecular weight excluding hydrogens is 394 g/mol. The van der Waals surface area contributed by atoms with Crippen LogP contribution in [-0.2, 0) is 23.9 Å². The number of urea groups is 1. The number of benzene rings is 2. The third-order valence-corrected chi connectivity index (χ3v) is 5.93. The fourth-order valence-corrected chi connectivity index (χ4v) is 4.30. The van der Waals surface area contributed by atoms with Crippen molar-refractivity contribution in [3.63, 3.8) is 0 Å². The van der Waals surface area contributed by atoms with E-state index < -0.39 is 17.5 Å². The summed E-state index contributed by atoms with van der Waals surface area (Å²) in [6.45, 7) is 2.38. The van der Waals surface area contributed by atoms with Crippen LogP contribution < -0.4 is 10.6 Å². The molecule has 2 N–H and O–H groups in total. The minimum Gasteiger partial charge on any atom is -0.331 e. The maximum Gasteiger partial charge on any atom is 0.322 e. The van der Waals surface area contributed by atoms with Gasteiger partial charge in [-0.25, -0.2) is 4.79 Å². The SMILES string of the molecule is Cc1ccc2c(c1)C(=O)N(C[C@@]1(c3ccc(-c4cnn(C)c4)cc3)NC(=O)NC1=O)C2. The highest BCUT2D eigenvalue weighted by Crippen LogP contribution is 2.32. The Morgan fingerprint density at radius 3 is 2.48 bits per heavy atom. The van der Waals surface area contributed by atoms with E-state index in [0.29, 0.717) is 17.7 Å². The van der Waals surface area contributed by atoms with E-state index in [1.54, 1.807) is 15.8 Å². The number of rotatable bonds is 4. The molecule has 4 amide bonds. The number of hydrogen-bond acceptors (Lipinski definition) is 4. The van der Waals surface area contributed by atoms with E-state index >= 15 is 0 Å². The van der Waals surface area contributed by atoms with E-state index in [1.165, 1.54) is 0 Å². The van der Waals surface area contributed by atoms with Crippen molar-refractivity contribution in [3.05, 3.63) is 77.1 Å². The Labute approximate surface area is 178 Å². The van der Waals surface area contributed by atoms with Crippen LogP contribution in [0.4, 0.5) is 4.79 Å². The predicted octanol–water partition coefficient (Wildman–Crippen LogP) is 2.09. The van der Waals surface area contributed by atoms with E-state index in [4.69, 9.17) is 0 Å². The summed E-state index contributed by atoms with van der Waals surface area (Å²) in [7, 11) is 1.85. The number of carbonyl (C=O) groups excluding carboxylic acids is 3. The zero-order chi connectivity index (χ0) is 21.8. The molecule has 0 saturated carbocycles. The second-order valence-corrected chi connectivity index (χ2v) is 8.12. The minimum atomic E-state index is -1.35. The zero-order valence-electron chi connectivity index (χ0n) is 17.2. The summed E-state index contributed by atoms with van der Waals surface area (Å²) in [4.78, 5) is 39.7. The number of fused-ring (bicyclic) bond motifs is 1. The van der Waals surface area contributed by atoms with Gasteiger partial charge >= 0.3 is 6.03 Å². The molecule has 3 heterocycles. The summed E-state index contributed by atoms with van der Waals surface area (Å²) in [5, 5.41) is 9.29. The van der Waals surface area contributed by atoms with Crippen molar-refractivity contribution >= 4 is 17.8 Å². The van der Waals surface area contributed by atoms with Gasteiger partial charge in [0.2, 0.25) is 0 Å². The molecule has 2 aliphatic rings. The summed E-state index contributed by atoms with van der Waals surface area (Å²) in [6.07, 6.45) is 3.66. The molecule has 0 bridgehead atoms. The Bertz CT molecular complexity index is 1230. The molecule has 0 radical (unpaired) electrons. The van der Waals surface area contributed by atoms with Crippen molar-refractivity contribution < 1.29 is 14.4 Å². The van der Waals surface area contributed by atoms with Crippen LogP contribution in [0.15, 0.2) is 54.9 Å². The molecule has 8 nitrogen and oxygen atoms in total. The van der Waals surface area contributed by atoms with Gasteiger partial charge in [0.15, 0.2) is 5.54 Å². The number of aryl methyl sites for hydroxylation is 2. The fourth-order valence-electron chi connectivity index (χ4n) is 4.30. The maximum absolute atomic E-state index is 13.0. The van der Waals surface area contributed by atoms with Gasteiger partial charge in [-0.3, -0.25) is 19.6 Å². The van der Waals surface area contributed by atoms with Crippen LogP contribution in [-0.4, -0.2) is 39.1 Å². The van der Waals surface area contributed by atoms with Gasteiger partial charge in [0.25, 0.3) is 11.8 Å². The average Bonchev–Trinajstić information content (AvgIpc) is 3.39. The summed E-state index contributed by atoms with van der Waals surface area (Å²) in [5.74, 6) is -0.606. The topological polar surface area (TPSA) is 96.3 Å². The summed E-state index contributed by atoms with van der Waals surface area (Å²) in [5.41, 5.74) is 3.72. The molecule has 5 rings (SSSR count). The van der Waals surface area contributed by atoms with Gasteiger partial charge in [0.1, 0.15) is 0 Å². The molecule has 1 aromatic heterocycles. The molecule has 1 fully saturated rings. The monoisotopic (exact) mass is 415 g/mol. The van der Waals surface area contributed by atoms with Crippen LogP contribution in [0, 0.1) is 6.92 Å². The first-order valence-corrected chi connectivity index (χ1v) is 9.98. The lowest BCUT2D eigenvalue weighted by Crippen LogP contribution is -2.52. The predicted molar refractivity (Wildman–Crippen MR) is 113 cm³/mol. The number of nitrogens with one attached hydrogen (secondary N) is 2. The normalized spacial score (nSPS) is 20.1. The van der Waals surface area contributed by atoms with E-state index in [2.05, 4.69) is 15.7 Å². The molecule has 0 aliphatic carbocycles. The van der Waals surface area contributed by atoms with Crippen LogP contribution in [0.3, 0.4) is 0 Å². The van der Waals surface area contributed by atoms with Crippen LogP contribution >= 0.6 is 0 Å². The standard InChI is InChI=1S/C23H21N5O3/c1-14-3-4-16-12-28(20(29)19(16)9-14)13-23(21(30)25-22(31)26-23)18-7-5-15(6-8-18)17-10-24-27(2)11-17/h3-11H,12-13H2,1-2H3,(H2,25,26,30,31)/t23-/m0/s1. The first-order valence-electron chi connectivity index (χ1n) is 9.98. The lowest BCUT2D eigenvalue weighted by Gasteiger charge is -2.31. The third-order valence-electron chi connectivity index (χ3n) is 5.93. The highest BCUT2D eigenvalue weighted by Gasteiger charge is 2.50. The summed E-state index contributed by atoms with van der Waals surface area (Å²) < 4.78 is 1.72. The Hall–Kier alpha value is -3.94. The molecule has 31 heavy (non-hydrogen) atoms. The molecular formula is C23H21N5O3. The lowest BCUT2D eigenvalue weighted by atomic mass is 9.88. The van der Waals surface area contributed by atoms with Gasteiger partial charge in [-0.1, -0.05) is 42.0 Å². The molecule has 2 aromatic carbocycles. The van der Waals surface area contributed by atoms with Gasteiger partial charge < -0.3 is 10.2 Å². The number of hydrogen-bond donors (Lipinski definition) is 2. The Balaban J connectivity index is 1.49. The van der Waals surface area contributed by atoms with E-state index in [0.717, 1.165) is 22.3 Å². The fraction of sp³-hybridized carbons (Fsp3) is 0.217. The van der Waals surface area contributed by atoms with E-state index in [9.17, 15) is 14.4 Å². The second-order valence-electron chi connectivity index (χ2n) is 8.12. The van der Waals surface area contributed by atoms with Crippen molar-refractivity contribution in [3.8, 4) is 11.1 Å². The van der Waals surface area contributed by atoms with Crippen molar-refractivity contribution in [2.24, 2.45) is 7.05 Å². The van der Waals surface area contributed by atoms with Crippen molar-refractivity contribution in [2.45, 2.75) is 19.0 Å².